The van der Waals surface area contributed by atoms with E-state index in [1.54, 1.807) is 0 Å². The van der Waals surface area contributed by atoms with E-state index in [-0.39, 0.29) is 16.4 Å². The number of nitrogen functional groups attached to an aromatic ring is 1. The molecule has 2 rings (SSSR count). The highest BCUT2D eigenvalue weighted by molar-refractivity contribution is 7.92. The SMILES string of the molecule is Cc1cc(F)ccc1S(=O)(=O)Nc1[nH]ncc1N. The minimum absolute atomic E-state index is 0.0158. The highest BCUT2D eigenvalue weighted by Crippen LogP contribution is 2.21. The number of hydrogen-bond acceptors (Lipinski definition) is 4. The van der Waals surface area contributed by atoms with Crippen LogP contribution in [0.2, 0.25) is 0 Å². The van der Waals surface area contributed by atoms with Gasteiger partial charge in [0.25, 0.3) is 10.0 Å². The zero-order chi connectivity index (χ0) is 13.3. The standard InChI is InChI=1S/C10H11FN4O2S/c1-6-4-7(11)2-3-9(6)18(16,17)15-10-8(12)5-13-14-10/h2-5H,12H2,1H3,(H2,13,14,15). The van der Waals surface area contributed by atoms with Crippen LogP contribution in [0.4, 0.5) is 15.9 Å². The second-order valence-corrected chi connectivity index (χ2v) is 5.37. The van der Waals surface area contributed by atoms with Gasteiger partial charge in [-0.25, -0.2) is 12.8 Å². The Labute approximate surface area is 103 Å². The van der Waals surface area contributed by atoms with Crippen LogP contribution in [0.5, 0.6) is 0 Å². The van der Waals surface area contributed by atoms with E-state index in [9.17, 15) is 12.8 Å². The number of aromatic nitrogens is 2. The van der Waals surface area contributed by atoms with Crippen molar-refractivity contribution in [3.63, 3.8) is 0 Å². The summed E-state index contributed by atoms with van der Waals surface area (Å²) in [4.78, 5) is -0.0158. The summed E-state index contributed by atoms with van der Waals surface area (Å²) in [5, 5.41) is 6.02. The molecule has 0 unspecified atom stereocenters. The molecule has 2 aromatic rings. The fourth-order valence-electron chi connectivity index (χ4n) is 1.48. The molecular formula is C10H11FN4O2S. The summed E-state index contributed by atoms with van der Waals surface area (Å²) >= 11 is 0. The quantitative estimate of drug-likeness (QED) is 0.781. The number of H-pyrrole nitrogens is 1. The number of nitrogens with two attached hydrogens (primary N) is 1. The summed E-state index contributed by atoms with van der Waals surface area (Å²) in [6.07, 6.45) is 1.29. The second kappa shape index (κ2) is 4.30. The van der Waals surface area contributed by atoms with E-state index in [1.807, 2.05) is 0 Å². The molecule has 0 amide bonds. The van der Waals surface area contributed by atoms with Crippen LogP contribution in [0, 0.1) is 12.7 Å². The van der Waals surface area contributed by atoms with E-state index in [2.05, 4.69) is 14.9 Å². The van der Waals surface area contributed by atoms with Crippen LogP contribution in [0.25, 0.3) is 0 Å². The molecule has 0 spiro atoms. The lowest BCUT2D eigenvalue weighted by Crippen LogP contribution is -2.15. The molecule has 4 N–H and O–H groups in total. The summed E-state index contributed by atoms with van der Waals surface area (Å²) in [7, 11) is -3.82. The Morgan fingerprint density at radius 3 is 2.72 bits per heavy atom. The van der Waals surface area contributed by atoms with Crippen molar-refractivity contribution in [2.24, 2.45) is 0 Å². The first kappa shape index (κ1) is 12.4. The zero-order valence-electron chi connectivity index (χ0n) is 9.44. The van der Waals surface area contributed by atoms with Crippen molar-refractivity contribution in [2.45, 2.75) is 11.8 Å². The van der Waals surface area contributed by atoms with Crippen molar-refractivity contribution in [2.75, 3.05) is 10.5 Å². The number of benzene rings is 1. The fraction of sp³-hybridized carbons (Fsp3) is 0.100. The molecule has 18 heavy (non-hydrogen) atoms. The second-order valence-electron chi connectivity index (χ2n) is 3.72. The summed E-state index contributed by atoms with van der Waals surface area (Å²) in [5.74, 6) is -0.411. The van der Waals surface area contributed by atoms with E-state index in [0.29, 0.717) is 5.56 Å². The Bertz CT molecular complexity index is 681. The lowest BCUT2D eigenvalue weighted by molar-refractivity contribution is 0.598. The van der Waals surface area contributed by atoms with Gasteiger partial charge in [0.15, 0.2) is 5.82 Å². The molecule has 0 aliphatic carbocycles. The van der Waals surface area contributed by atoms with Crippen molar-refractivity contribution in [1.29, 1.82) is 0 Å². The summed E-state index contributed by atoms with van der Waals surface area (Å²) in [6, 6.07) is 3.42. The number of nitrogens with one attached hydrogen (secondary N) is 2. The molecule has 0 radical (unpaired) electrons. The number of hydrogen-bond donors (Lipinski definition) is 3. The van der Waals surface area contributed by atoms with E-state index in [4.69, 9.17) is 5.73 Å². The van der Waals surface area contributed by atoms with Gasteiger partial charge in [0.05, 0.1) is 16.8 Å². The third kappa shape index (κ3) is 2.28. The minimum atomic E-state index is -3.82. The molecule has 8 heteroatoms. The molecule has 0 aliphatic heterocycles. The maximum atomic E-state index is 12.9. The molecule has 0 atom stereocenters. The molecule has 0 bridgehead atoms. The van der Waals surface area contributed by atoms with Crippen LogP contribution in [-0.2, 0) is 10.0 Å². The lowest BCUT2D eigenvalue weighted by Gasteiger charge is -2.09. The first-order valence-corrected chi connectivity index (χ1v) is 6.46. The Hall–Kier alpha value is -2.09. The van der Waals surface area contributed by atoms with Crippen molar-refractivity contribution < 1.29 is 12.8 Å². The predicted octanol–water partition coefficient (Wildman–Crippen LogP) is 1.24. The third-order valence-electron chi connectivity index (χ3n) is 2.33. The molecule has 0 saturated heterocycles. The first-order chi connectivity index (χ1) is 8.40. The Morgan fingerprint density at radius 2 is 2.17 bits per heavy atom. The number of halogens is 1. The van der Waals surface area contributed by atoms with Gasteiger partial charge in [0.2, 0.25) is 0 Å². The van der Waals surface area contributed by atoms with Gasteiger partial charge in [-0.3, -0.25) is 9.82 Å². The average Bonchev–Trinajstić information content (AvgIpc) is 2.63. The first-order valence-electron chi connectivity index (χ1n) is 4.98. The molecule has 96 valence electrons. The van der Waals surface area contributed by atoms with E-state index >= 15 is 0 Å². The van der Waals surface area contributed by atoms with Crippen molar-refractivity contribution in [3.8, 4) is 0 Å². The number of anilines is 2. The lowest BCUT2D eigenvalue weighted by atomic mass is 10.2. The molecule has 0 aliphatic rings. The summed E-state index contributed by atoms with van der Waals surface area (Å²) in [5.41, 5.74) is 5.99. The zero-order valence-corrected chi connectivity index (χ0v) is 10.3. The number of aryl methyl sites for hydroxylation is 1. The summed E-state index contributed by atoms with van der Waals surface area (Å²) in [6.45, 7) is 1.51. The average molecular weight is 270 g/mol. The van der Waals surface area contributed by atoms with Gasteiger partial charge in [0.1, 0.15) is 5.82 Å². The van der Waals surface area contributed by atoms with Gasteiger partial charge in [-0.15, -0.1) is 0 Å². The molecule has 1 heterocycles. The normalized spacial score (nSPS) is 11.4. The van der Waals surface area contributed by atoms with Gasteiger partial charge >= 0.3 is 0 Å². The van der Waals surface area contributed by atoms with Crippen LogP contribution in [-0.4, -0.2) is 18.6 Å². The Balaban J connectivity index is 2.40. The third-order valence-corrected chi connectivity index (χ3v) is 3.84. The highest BCUT2D eigenvalue weighted by atomic mass is 32.2. The number of sulfonamides is 1. The highest BCUT2D eigenvalue weighted by Gasteiger charge is 2.19. The van der Waals surface area contributed by atoms with Crippen molar-refractivity contribution >= 4 is 21.5 Å². The molecular weight excluding hydrogens is 259 g/mol. The van der Waals surface area contributed by atoms with E-state index in [0.717, 1.165) is 12.1 Å². The van der Waals surface area contributed by atoms with E-state index in [1.165, 1.54) is 19.2 Å². The van der Waals surface area contributed by atoms with Gasteiger partial charge < -0.3 is 5.73 Å². The smallest absolute Gasteiger partial charge is 0.263 e. The Morgan fingerprint density at radius 1 is 1.44 bits per heavy atom. The van der Waals surface area contributed by atoms with Crippen molar-refractivity contribution in [1.82, 2.24) is 10.2 Å². The van der Waals surface area contributed by atoms with Crippen LogP contribution < -0.4 is 10.5 Å². The molecule has 0 fully saturated rings. The van der Waals surface area contributed by atoms with Crippen LogP contribution >= 0.6 is 0 Å². The summed E-state index contributed by atoms with van der Waals surface area (Å²) < 4.78 is 39.3. The van der Waals surface area contributed by atoms with Crippen LogP contribution in [0.15, 0.2) is 29.3 Å². The fourth-order valence-corrected chi connectivity index (χ4v) is 2.75. The van der Waals surface area contributed by atoms with Gasteiger partial charge in [-0.05, 0) is 30.7 Å². The molecule has 1 aromatic carbocycles. The minimum Gasteiger partial charge on any atom is -0.394 e. The van der Waals surface area contributed by atoms with Crippen LogP contribution in [0.3, 0.4) is 0 Å². The number of rotatable bonds is 3. The number of aromatic amines is 1. The van der Waals surface area contributed by atoms with E-state index < -0.39 is 15.8 Å². The topological polar surface area (TPSA) is 101 Å². The molecule has 1 aromatic heterocycles. The predicted molar refractivity (Wildman–Crippen MR) is 64.9 cm³/mol. The molecule has 0 saturated carbocycles. The van der Waals surface area contributed by atoms with Gasteiger partial charge in [0, 0.05) is 0 Å². The van der Waals surface area contributed by atoms with Gasteiger partial charge in [-0.2, -0.15) is 5.10 Å². The maximum absolute atomic E-state index is 12.9. The Kier molecular flexibility index (Phi) is 2.95. The monoisotopic (exact) mass is 270 g/mol. The maximum Gasteiger partial charge on any atom is 0.263 e. The van der Waals surface area contributed by atoms with Crippen molar-refractivity contribution in [3.05, 3.63) is 35.8 Å². The molecule has 6 nitrogen and oxygen atoms in total. The largest absolute Gasteiger partial charge is 0.394 e. The van der Waals surface area contributed by atoms with Crippen LogP contribution in [0.1, 0.15) is 5.56 Å². The number of nitrogens with zero attached hydrogens (tertiary/aromatic N) is 1. The van der Waals surface area contributed by atoms with Gasteiger partial charge in [-0.1, -0.05) is 0 Å².